The highest BCUT2D eigenvalue weighted by Gasteiger charge is 2.06. The Kier molecular flexibility index (Phi) is 2.44. The maximum absolute atomic E-state index is 10.1. The van der Waals surface area contributed by atoms with E-state index in [9.17, 15) is 18.3 Å². The molecular formula is C3H5O5S. The van der Waals surface area contributed by atoms with Crippen LogP contribution >= 0.6 is 0 Å². The molecule has 0 aliphatic heterocycles. The highest BCUT2D eigenvalue weighted by Crippen LogP contribution is 1.84. The summed E-state index contributed by atoms with van der Waals surface area (Å²) < 4.78 is 23.9. The molecule has 0 aliphatic rings. The molecule has 0 saturated carbocycles. The molecule has 0 aromatic heterocycles. The van der Waals surface area contributed by atoms with Crippen LogP contribution in [0.3, 0.4) is 0 Å². The van der Waals surface area contributed by atoms with Gasteiger partial charge in [-0.05, 0) is 0 Å². The minimum absolute atomic E-state index is 0.838. The molecule has 0 fully saturated rings. The molecule has 0 heterocycles. The largest absolute Gasteiger partial charge is 0.551 e. The topological polar surface area (TPSA) is 80.3 Å². The van der Waals surface area contributed by atoms with Crippen LogP contribution < -0.4 is 0 Å². The van der Waals surface area contributed by atoms with Gasteiger partial charge in [0, 0.05) is 6.26 Å². The molecule has 6 heteroatoms. The maximum Gasteiger partial charge on any atom is 0.551 e. The molecule has 0 aromatic rings. The van der Waals surface area contributed by atoms with Gasteiger partial charge in [0.2, 0.25) is 0 Å². The summed E-state index contributed by atoms with van der Waals surface area (Å²) in [6.07, 6.45) is -0.976. The normalized spacial score (nSPS) is 10.8. The van der Waals surface area contributed by atoms with Crippen LogP contribution in [-0.2, 0) is 19.7 Å². The Morgan fingerprint density at radius 3 is 2.11 bits per heavy atom. The summed E-state index contributed by atoms with van der Waals surface area (Å²) in [6.45, 7) is 0. The van der Waals surface area contributed by atoms with Crippen molar-refractivity contribution in [2.24, 2.45) is 0 Å². The molecular weight excluding hydrogens is 148 g/mol. The van der Waals surface area contributed by atoms with E-state index in [2.05, 4.69) is 4.74 Å². The third-order valence-corrected chi connectivity index (χ3v) is 0.937. The zero-order chi connectivity index (χ0) is 7.49. The van der Waals surface area contributed by atoms with Gasteiger partial charge in [-0.3, -0.25) is 0 Å². The molecule has 0 amide bonds. The Hall–Kier alpha value is -0.780. The minimum atomic E-state index is -3.36. The molecule has 0 bridgehead atoms. The number of rotatable bonds is 2. The van der Waals surface area contributed by atoms with Crippen molar-refractivity contribution >= 4 is 16.0 Å². The van der Waals surface area contributed by atoms with E-state index in [1.807, 2.05) is 0 Å². The summed E-state index contributed by atoms with van der Waals surface area (Å²) in [5, 5.41) is 9.45. The van der Waals surface area contributed by atoms with Crippen molar-refractivity contribution in [3.8, 4) is 0 Å². The van der Waals surface area contributed by atoms with Gasteiger partial charge < -0.3 is 4.74 Å². The summed E-state index contributed by atoms with van der Waals surface area (Å²) in [4.78, 5) is 9.45. The standard InChI is InChI=1S/C3H5O5S/c1-9(6,7)2-8-3(4)5/h2H2,1H3. The van der Waals surface area contributed by atoms with Gasteiger partial charge in [-0.1, -0.05) is 0 Å². The molecule has 0 N–H and O–H groups in total. The maximum atomic E-state index is 10.1. The van der Waals surface area contributed by atoms with Gasteiger partial charge in [0.15, 0.2) is 15.8 Å². The first-order valence-electron chi connectivity index (χ1n) is 1.93. The molecule has 0 unspecified atom stereocenters. The molecule has 1 radical (unpaired) electrons. The molecule has 0 aromatic carbocycles. The first kappa shape index (κ1) is 8.22. The van der Waals surface area contributed by atoms with Gasteiger partial charge in [0.25, 0.3) is 0 Å². The fraction of sp³-hybridized carbons (Fsp3) is 0.667. The predicted octanol–water partition coefficient (Wildman–Crippen LogP) is -0.444. The van der Waals surface area contributed by atoms with Gasteiger partial charge in [-0.15, -0.1) is 0 Å². The molecule has 9 heavy (non-hydrogen) atoms. The quantitative estimate of drug-likeness (QED) is 0.503. The van der Waals surface area contributed by atoms with Crippen LogP contribution in [0.4, 0.5) is 4.79 Å². The van der Waals surface area contributed by atoms with E-state index in [0.717, 1.165) is 6.26 Å². The molecule has 53 valence electrons. The summed E-state index contributed by atoms with van der Waals surface area (Å²) in [5.74, 6) is -0.838. The first-order chi connectivity index (χ1) is 3.92. The van der Waals surface area contributed by atoms with E-state index in [0.29, 0.717) is 0 Å². The number of carbonyl (C=O) groups is 1. The molecule has 5 nitrogen and oxygen atoms in total. The second-order valence-electron chi connectivity index (χ2n) is 1.44. The van der Waals surface area contributed by atoms with Crippen molar-refractivity contribution in [2.45, 2.75) is 0 Å². The smallest absolute Gasteiger partial charge is 0.415 e. The van der Waals surface area contributed by atoms with Crippen molar-refractivity contribution in [3.05, 3.63) is 0 Å². The van der Waals surface area contributed by atoms with Crippen molar-refractivity contribution in [1.82, 2.24) is 0 Å². The fourth-order valence-corrected chi connectivity index (χ4v) is 0.465. The van der Waals surface area contributed by atoms with E-state index >= 15 is 0 Å². The van der Waals surface area contributed by atoms with Crippen LogP contribution in [0, 0.1) is 0 Å². The molecule has 0 saturated heterocycles. The number of ether oxygens (including phenoxy) is 1. The Balaban J connectivity index is 3.67. The average molecular weight is 153 g/mol. The van der Waals surface area contributed by atoms with E-state index in [1.165, 1.54) is 0 Å². The average Bonchev–Trinajstić information content (AvgIpc) is 1.59. The predicted molar refractivity (Wildman–Crippen MR) is 26.9 cm³/mol. The van der Waals surface area contributed by atoms with Crippen LogP contribution in [-0.4, -0.2) is 26.8 Å². The van der Waals surface area contributed by atoms with E-state index < -0.39 is 21.9 Å². The molecule has 0 atom stereocenters. The summed E-state index contributed by atoms with van der Waals surface area (Å²) in [5.41, 5.74) is 0. The molecule has 0 rings (SSSR count). The minimum Gasteiger partial charge on any atom is -0.415 e. The zero-order valence-electron chi connectivity index (χ0n) is 4.66. The Morgan fingerprint density at radius 1 is 1.56 bits per heavy atom. The lowest BCUT2D eigenvalue weighted by atomic mass is 11.4. The van der Waals surface area contributed by atoms with Gasteiger partial charge in [0.1, 0.15) is 0 Å². The van der Waals surface area contributed by atoms with Gasteiger partial charge in [0.05, 0.1) is 0 Å². The molecule has 0 aliphatic carbocycles. The van der Waals surface area contributed by atoms with E-state index in [-0.39, 0.29) is 0 Å². The lowest BCUT2D eigenvalue weighted by Crippen LogP contribution is -2.09. The fourth-order valence-electron chi connectivity index (χ4n) is 0.155. The van der Waals surface area contributed by atoms with Crippen molar-refractivity contribution in [3.63, 3.8) is 0 Å². The van der Waals surface area contributed by atoms with E-state index in [4.69, 9.17) is 0 Å². The zero-order valence-corrected chi connectivity index (χ0v) is 5.47. The molecule has 0 spiro atoms. The van der Waals surface area contributed by atoms with Crippen molar-refractivity contribution in [1.29, 1.82) is 0 Å². The van der Waals surface area contributed by atoms with Crippen LogP contribution in [0.1, 0.15) is 0 Å². The van der Waals surface area contributed by atoms with Gasteiger partial charge in [-0.2, -0.15) is 9.90 Å². The lowest BCUT2D eigenvalue weighted by Gasteiger charge is -1.92. The third-order valence-electron chi connectivity index (χ3n) is 0.391. The van der Waals surface area contributed by atoms with Crippen molar-refractivity contribution < 1.29 is 23.1 Å². The van der Waals surface area contributed by atoms with Crippen LogP contribution in [0.25, 0.3) is 0 Å². The number of hydrogen-bond acceptors (Lipinski definition) is 4. The Morgan fingerprint density at radius 2 is 2.00 bits per heavy atom. The highest BCUT2D eigenvalue weighted by atomic mass is 32.2. The van der Waals surface area contributed by atoms with Gasteiger partial charge >= 0.3 is 6.16 Å². The number of hydrogen-bond donors (Lipinski definition) is 0. The summed E-state index contributed by atoms with van der Waals surface area (Å²) >= 11 is 0. The first-order valence-corrected chi connectivity index (χ1v) is 3.99. The number of sulfone groups is 1. The van der Waals surface area contributed by atoms with Gasteiger partial charge in [-0.25, -0.2) is 8.42 Å². The lowest BCUT2D eigenvalue weighted by molar-refractivity contribution is 0.0815. The number of carbonyl (C=O) groups excluding carboxylic acids is 1. The van der Waals surface area contributed by atoms with Crippen LogP contribution in [0.5, 0.6) is 0 Å². The van der Waals surface area contributed by atoms with Crippen LogP contribution in [0.2, 0.25) is 0 Å². The summed E-state index contributed by atoms with van der Waals surface area (Å²) in [7, 11) is -3.36. The second-order valence-corrected chi connectivity index (χ2v) is 3.53. The Bertz CT molecular complexity index is 190. The third kappa shape index (κ3) is 7.22. The monoisotopic (exact) mass is 153 g/mol. The van der Waals surface area contributed by atoms with E-state index in [1.54, 1.807) is 0 Å². The van der Waals surface area contributed by atoms with Crippen LogP contribution in [0.15, 0.2) is 0 Å². The second kappa shape index (κ2) is 2.67. The SMILES string of the molecule is CS(=O)(=O)COC([O])=O. The Labute approximate surface area is 52.2 Å². The summed E-state index contributed by atoms with van der Waals surface area (Å²) in [6, 6.07) is 0. The van der Waals surface area contributed by atoms with Crippen molar-refractivity contribution in [2.75, 3.05) is 12.2 Å². The highest BCUT2D eigenvalue weighted by molar-refractivity contribution is 7.90.